The summed E-state index contributed by atoms with van der Waals surface area (Å²) in [5.41, 5.74) is 5.36. The Morgan fingerprint density at radius 1 is 1.00 bits per heavy atom. The van der Waals surface area contributed by atoms with Crippen LogP contribution in [0.15, 0.2) is 66.7 Å². The van der Waals surface area contributed by atoms with E-state index in [4.69, 9.17) is 11.6 Å². The van der Waals surface area contributed by atoms with Gasteiger partial charge in [0.25, 0.3) is 0 Å². The number of aryl methyl sites for hydroxylation is 1. The summed E-state index contributed by atoms with van der Waals surface area (Å²) in [5, 5.41) is 23.5. The number of benzene rings is 3. The molecule has 0 bridgehead atoms. The fraction of sp³-hybridized carbons (Fsp3) is 0.269. The molecule has 170 valence electrons. The monoisotopic (exact) mass is 473 g/mol. The van der Waals surface area contributed by atoms with Crippen LogP contribution in [0.5, 0.6) is 0 Å². The summed E-state index contributed by atoms with van der Waals surface area (Å²) in [7, 11) is 0. The summed E-state index contributed by atoms with van der Waals surface area (Å²) in [6.45, 7) is 3.27. The molecule has 1 atom stereocenters. The number of carboxylic acid groups (broad SMARTS) is 1. The largest absolute Gasteiger partial charge is 0.478 e. The zero-order valence-electron chi connectivity index (χ0n) is 18.1. The van der Waals surface area contributed by atoms with E-state index in [1.54, 1.807) is 18.2 Å². The van der Waals surface area contributed by atoms with Gasteiger partial charge in [0.05, 0.1) is 11.7 Å². The molecule has 3 rings (SSSR count). The number of rotatable bonds is 10. The van der Waals surface area contributed by atoms with Crippen LogP contribution in [0.2, 0.25) is 5.02 Å². The molecule has 0 amide bonds. The van der Waals surface area contributed by atoms with Gasteiger partial charge in [0.15, 0.2) is 0 Å². The highest BCUT2D eigenvalue weighted by molar-refractivity contribution is 6.30. The quantitative estimate of drug-likeness (QED) is 0.318. The molecule has 0 aliphatic carbocycles. The molecule has 0 aliphatic rings. The Balaban J connectivity index is 0.00000363. The second-order valence-corrected chi connectivity index (χ2v) is 8.09. The summed E-state index contributed by atoms with van der Waals surface area (Å²) in [6, 6.07) is 21.2. The Bertz CT molecular complexity index is 1020. The van der Waals surface area contributed by atoms with Gasteiger partial charge in [-0.05, 0) is 65.4 Å². The van der Waals surface area contributed by atoms with Gasteiger partial charge in [-0.2, -0.15) is 0 Å². The van der Waals surface area contributed by atoms with Gasteiger partial charge in [-0.15, -0.1) is 12.4 Å². The second-order valence-electron chi connectivity index (χ2n) is 7.65. The van der Waals surface area contributed by atoms with Crippen LogP contribution in [0, 0.1) is 0 Å². The van der Waals surface area contributed by atoms with E-state index in [1.807, 2.05) is 24.3 Å². The molecule has 0 aromatic heterocycles. The van der Waals surface area contributed by atoms with Gasteiger partial charge in [0.2, 0.25) is 0 Å². The summed E-state index contributed by atoms with van der Waals surface area (Å²) < 4.78 is 0. The molecule has 4 nitrogen and oxygen atoms in total. The number of carbonyl (C=O) groups is 1. The third-order valence-corrected chi connectivity index (χ3v) is 5.54. The van der Waals surface area contributed by atoms with Crippen molar-refractivity contribution >= 4 is 30.0 Å². The van der Waals surface area contributed by atoms with E-state index >= 15 is 0 Å². The standard InChI is InChI=1S/C26H28ClNO3.ClH/c1-2-4-21-15-20(11-12-24(21)26(30)31)19-9-7-18(8-10-19)13-14-28-17-25(29)22-5-3-6-23(27)16-22;/h3,5-12,15-16,25,28-29H,2,4,13-14,17H2,1H3,(H,30,31);1H/t25-;/m0./s1. The van der Waals surface area contributed by atoms with Crippen molar-refractivity contribution < 1.29 is 15.0 Å². The van der Waals surface area contributed by atoms with Gasteiger partial charge in [-0.3, -0.25) is 0 Å². The molecule has 3 N–H and O–H groups in total. The van der Waals surface area contributed by atoms with E-state index < -0.39 is 12.1 Å². The Labute approximate surface area is 200 Å². The first-order valence-electron chi connectivity index (χ1n) is 10.6. The Hall–Kier alpha value is -2.37. The van der Waals surface area contributed by atoms with Crippen LogP contribution < -0.4 is 5.32 Å². The minimum Gasteiger partial charge on any atom is -0.478 e. The van der Waals surface area contributed by atoms with E-state index in [1.165, 1.54) is 5.56 Å². The maximum absolute atomic E-state index is 11.4. The Morgan fingerprint density at radius 3 is 2.38 bits per heavy atom. The topological polar surface area (TPSA) is 69.6 Å². The molecule has 0 spiro atoms. The average molecular weight is 474 g/mol. The van der Waals surface area contributed by atoms with Gasteiger partial charge in [-0.1, -0.05) is 73.5 Å². The molecule has 0 fully saturated rings. The van der Waals surface area contributed by atoms with E-state index in [-0.39, 0.29) is 12.4 Å². The SMILES string of the molecule is CCCc1cc(-c2ccc(CCNC[C@H](O)c3cccc(Cl)c3)cc2)ccc1C(=O)O.Cl. The molecule has 6 heteroatoms. The minimum atomic E-state index is -0.877. The maximum Gasteiger partial charge on any atom is 0.335 e. The lowest BCUT2D eigenvalue weighted by molar-refractivity contribution is 0.0695. The minimum absolute atomic E-state index is 0. The fourth-order valence-electron chi connectivity index (χ4n) is 3.63. The fourth-order valence-corrected chi connectivity index (χ4v) is 3.82. The van der Waals surface area contributed by atoms with E-state index in [0.717, 1.165) is 48.1 Å². The van der Waals surface area contributed by atoms with Gasteiger partial charge in [0.1, 0.15) is 0 Å². The van der Waals surface area contributed by atoms with Crippen molar-refractivity contribution in [3.63, 3.8) is 0 Å². The molecule has 0 unspecified atom stereocenters. The lowest BCUT2D eigenvalue weighted by Gasteiger charge is -2.13. The van der Waals surface area contributed by atoms with Gasteiger partial charge >= 0.3 is 5.97 Å². The van der Waals surface area contributed by atoms with Crippen LogP contribution in [0.1, 0.15) is 46.5 Å². The molecule has 0 heterocycles. The number of hydrogen-bond acceptors (Lipinski definition) is 3. The van der Waals surface area contributed by atoms with E-state index in [9.17, 15) is 15.0 Å². The predicted octanol–water partition coefficient (Wildman–Crippen LogP) is 5.95. The van der Waals surface area contributed by atoms with Crippen molar-refractivity contribution in [2.24, 2.45) is 0 Å². The molecule has 0 saturated carbocycles. The van der Waals surface area contributed by atoms with Gasteiger partial charge in [0, 0.05) is 11.6 Å². The van der Waals surface area contributed by atoms with Crippen LogP contribution in [-0.2, 0) is 12.8 Å². The highest BCUT2D eigenvalue weighted by Gasteiger charge is 2.11. The number of halogens is 2. The van der Waals surface area contributed by atoms with Crippen molar-refractivity contribution in [2.75, 3.05) is 13.1 Å². The first-order valence-corrected chi connectivity index (χ1v) is 11.0. The van der Waals surface area contributed by atoms with Crippen LogP contribution in [0.3, 0.4) is 0 Å². The maximum atomic E-state index is 11.4. The molecule has 0 aliphatic heterocycles. The van der Waals surface area contributed by atoms with Crippen LogP contribution in [0.25, 0.3) is 11.1 Å². The van der Waals surface area contributed by atoms with Gasteiger partial charge < -0.3 is 15.5 Å². The summed E-state index contributed by atoms with van der Waals surface area (Å²) in [5.74, 6) is -0.877. The average Bonchev–Trinajstić information content (AvgIpc) is 2.77. The zero-order chi connectivity index (χ0) is 22.2. The van der Waals surface area contributed by atoms with Crippen LogP contribution in [0.4, 0.5) is 0 Å². The predicted molar refractivity (Wildman–Crippen MR) is 133 cm³/mol. The first kappa shape index (κ1) is 25.9. The first-order chi connectivity index (χ1) is 15.0. The summed E-state index contributed by atoms with van der Waals surface area (Å²) in [6.07, 6.45) is 1.91. The molecule has 0 radical (unpaired) electrons. The van der Waals surface area contributed by atoms with E-state index in [0.29, 0.717) is 17.1 Å². The van der Waals surface area contributed by atoms with E-state index in [2.05, 4.69) is 36.5 Å². The lowest BCUT2D eigenvalue weighted by Crippen LogP contribution is -2.23. The van der Waals surface area contributed by atoms with Crippen molar-refractivity contribution in [1.29, 1.82) is 0 Å². The number of nitrogens with one attached hydrogen (secondary N) is 1. The van der Waals surface area contributed by atoms with Crippen molar-refractivity contribution in [3.8, 4) is 11.1 Å². The van der Waals surface area contributed by atoms with Gasteiger partial charge in [-0.25, -0.2) is 4.79 Å². The highest BCUT2D eigenvalue weighted by atomic mass is 35.5. The van der Waals surface area contributed by atoms with Crippen molar-refractivity contribution in [1.82, 2.24) is 5.32 Å². The highest BCUT2D eigenvalue weighted by Crippen LogP contribution is 2.24. The smallest absolute Gasteiger partial charge is 0.335 e. The summed E-state index contributed by atoms with van der Waals surface area (Å²) in [4.78, 5) is 11.4. The molecule has 3 aromatic carbocycles. The number of hydrogen-bond donors (Lipinski definition) is 3. The number of carboxylic acids is 1. The molecular weight excluding hydrogens is 445 g/mol. The number of aromatic carboxylic acids is 1. The molecule has 32 heavy (non-hydrogen) atoms. The second kappa shape index (κ2) is 12.6. The number of aliphatic hydroxyl groups is 1. The molecule has 3 aromatic rings. The Morgan fingerprint density at radius 2 is 1.72 bits per heavy atom. The molecule has 0 saturated heterocycles. The van der Waals surface area contributed by atoms with Crippen LogP contribution >= 0.6 is 24.0 Å². The number of aliphatic hydroxyl groups excluding tert-OH is 1. The molecular formula is C26H29Cl2NO3. The summed E-state index contributed by atoms with van der Waals surface area (Å²) >= 11 is 5.98. The Kier molecular flexibility index (Phi) is 10.2. The lowest BCUT2D eigenvalue weighted by atomic mass is 9.96. The van der Waals surface area contributed by atoms with Crippen molar-refractivity contribution in [2.45, 2.75) is 32.3 Å². The third-order valence-electron chi connectivity index (χ3n) is 5.30. The normalized spacial score (nSPS) is 11.6. The zero-order valence-corrected chi connectivity index (χ0v) is 19.6. The third kappa shape index (κ3) is 7.07. The van der Waals surface area contributed by atoms with Crippen molar-refractivity contribution in [3.05, 3.63) is 94.0 Å². The van der Waals surface area contributed by atoms with Crippen LogP contribution in [-0.4, -0.2) is 29.3 Å².